The quantitative estimate of drug-likeness (QED) is 0.395. The van der Waals surface area contributed by atoms with Gasteiger partial charge < -0.3 is 0 Å². The van der Waals surface area contributed by atoms with Crippen LogP contribution < -0.4 is 0 Å². The molecular formula is C3H9Si-. The van der Waals surface area contributed by atoms with Crippen LogP contribution in [0.5, 0.6) is 0 Å². The lowest BCUT2D eigenvalue weighted by Crippen LogP contribution is -1.55. The molecule has 4 heavy (non-hydrogen) atoms. The van der Waals surface area contributed by atoms with Crippen molar-refractivity contribution in [3.8, 4) is 0 Å². The summed E-state index contributed by atoms with van der Waals surface area (Å²) in [6.07, 6.45) is 1.33. The van der Waals surface area contributed by atoms with E-state index in [9.17, 15) is 0 Å². The van der Waals surface area contributed by atoms with Crippen LogP contribution in [0.3, 0.4) is 0 Å². The molecule has 0 heterocycles. The molecule has 1 heteroatoms. The summed E-state index contributed by atoms with van der Waals surface area (Å²) in [5, 5.41) is 0. The van der Waals surface area contributed by atoms with Gasteiger partial charge in [0.2, 0.25) is 0 Å². The summed E-state index contributed by atoms with van der Waals surface area (Å²) < 4.78 is 0. The third-order valence-electron chi connectivity index (χ3n) is 0.354. The third kappa shape index (κ3) is 2.22. The van der Waals surface area contributed by atoms with E-state index in [-0.39, 0.29) is 0 Å². The van der Waals surface area contributed by atoms with Crippen LogP contribution in [0.4, 0.5) is 0 Å². The first-order valence-corrected chi connectivity index (χ1v) is 2.71. The Morgan fingerprint density at radius 3 is 2.00 bits per heavy atom. The fourth-order valence-electron chi connectivity index (χ4n) is 0. The van der Waals surface area contributed by atoms with Crippen molar-refractivity contribution in [1.82, 2.24) is 0 Å². The van der Waals surface area contributed by atoms with Gasteiger partial charge in [-0.2, -0.15) is 6.04 Å². The third-order valence-corrected chi connectivity index (χ3v) is 1.06. The molecule has 0 aromatic heterocycles. The van der Waals surface area contributed by atoms with Crippen LogP contribution in [0.2, 0.25) is 6.04 Å². The molecule has 0 nitrogen and oxygen atoms in total. The molecule has 0 fully saturated rings. The van der Waals surface area contributed by atoms with Crippen LogP contribution >= 0.6 is 0 Å². The van der Waals surface area contributed by atoms with E-state index in [1.165, 1.54) is 12.5 Å². The van der Waals surface area contributed by atoms with Gasteiger partial charge in [-0.05, 0) is 0 Å². The lowest BCUT2D eigenvalue weighted by atomic mass is 10.6. The van der Waals surface area contributed by atoms with Crippen molar-refractivity contribution in [1.29, 1.82) is 0 Å². The number of hydrogen-bond donors (Lipinski definition) is 0. The summed E-state index contributed by atoms with van der Waals surface area (Å²) >= 11 is 0. The Morgan fingerprint density at radius 2 is 2.00 bits per heavy atom. The van der Waals surface area contributed by atoms with Crippen molar-refractivity contribution in [2.45, 2.75) is 19.4 Å². The van der Waals surface area contributed by atoms with Crippen LogP contribution in [0.25, 0.3) is 0 Å². The van der Waals surface area contributed by atoms with E-state index in [2.05, 4.69) is 6.92 Å². The van der Waals surface area contributed by atoms with Crippen molar-refractivity contribution in [3.63, 3.8) is 0 Å². The Balaban J connectivity index is 1.97. The summed E-state index contributed by atoms with van der Waals surface area (Å²) in [5.41, 5.74) is 0. The van der Waals surface area contributed by atoms with Crippen molar-refractivity contribution in [2.24, 2.45) is 0 Å². The molecule has 0 spiro atoms. The summed E-state index contributed by atoms with van der Waals surface area (Å²) in [5.74, 6) is 0. The Bertz CT molecular complexity index is 5.25. The molecule has 0 saturated heterocycles. The van der Waals surface area contributed by atoms with Gasteiger partial charge >= 0.3 is 0 Å². The lowest BCUT2D eigenvalue weighted by molar-refractivity contribution is 1.08. The molecule has 0 radical (unpaired) electrons. The largest absolute Gasteiger partial charge is 0.296 e. The van der Waals surface area contributed by atoms with Crippen LogP contribution in [-0.2, 0) is 0 Å². The molecule has 0 N–H and O–H groups in total. The molecule has 0 aliphatic carbocycles. The van der Waals surface area contributed by atoms with Crippen molar-refractivity contribution in [3.05, 3.63) is 0 Å². The first kappa shape index (κ1) is 4.22. The Labute approximate surface area is 30.6 Å². The zero-order chi connectivity index (χ0) is 3.41. The molecule has 0 saturated carbocycles. The van der Waals surface area contributed by atoms with E-state index in [1.807, 2.05) is 10.2 Å². The zero-order valence-corrected chi connectivity index (χ0v) is 4.54. The van der Waals surface area contributed by atoms with E-state index in [0.29, 0.717) is 0 Å². The maximum absolute atomic E-state index is 2.19. The summed E-state index contributed by atoms with van der Waals surface area (Å²) in [6, 6.07) is 1.35. The minimum atomic E-state index is 1.33. The van der Waals surface area contributed by atoms with Gasteiger partial charge in [0, 0.05) is 0 Å². The smallest absolute Gasteiger partial charge is 0.0682 e. The fraction of sp³-hybridized carbons (Fsp3) is 1.00. The molecule has 0 amide bonds. The van der Waals surface area contributed by atoms with Crippen LogP contribution in [0.15, 0.2) is 0 Å². The first-order chi connectivity index (χ1) is 1.91. The summed E-state index contributed by atoms with van der Waals surface area (Å²) in [6.45, 7) is 2.19. The average Bonchev–Trinajstić information content (AvgIpc) is 1.37. The second-order valence-corrected chi connectivity index (χ2v) is 1.56. The second kappa shape index (κ2) is 3.22. The molecule has 0 rings (SSSR count). The standard InChI is InChI=1S/C3H9Si/c1-2-3-4/h2-4H2,1H3/q-1. The molecule has 26 valence electrons. The topological polar surface area (TPSA) is 0 Å². The molecule has 0 aromatic rings. The van der Waals surface area contributed by atoms with Crippen molar-refractivity contribution in [2.75, 3.05) is 0 Å². The normalized spacial score (nSPS) is 7.50. The molecule has 0 unspecified atom stereocenters. The van der Waals surface area contributed by atoms with Crippen LogP contribution in [0, 0.1) is 0 Å². The van der Waals surface area contributed by atoms with Gasteiger partial charge in [-0.1, -0.05) is 13.3 Å². The summed E-state index contributed by atoms with van der Waals surface area (Å²) in [7, 11) is 2.02. The van der Waals surface area contributed by atoms with E-state index in [0.717, 1.165) is 0 Å². The maximum Gasteiger partial charge on any atom is -0.0682 e. The molecule has 0 aliphatic rings. The predicted octanol–water partition coefficient (Wildman–Crippen LogP) is 0.448. The monoisotopic (exact) mass is 73.0 g/mol. The molecule has 0 aliphatic heterocycles. The molecule has 0 atom stereocenters. The van der Waals surface area contributed by atoms with Gasteiger partial charge in [0.25, 0.3) is 0 Å². The lowest BCUT2D eigenvalue weighted by Gasteiger charge is -1.77. The molecule has 0 aromatic carbocycles. The minimum Gasteiger partial charge on any atom is -0.296 e. The highest BCUT2D eigenvalue weighted by molar-refractivity contribution is 6.08. The summed E-state index contributed by atoms with van der Waals surface area (Å²) in [4.78, 5) is 0. The van der Waals surface area contributed by atoms with Gasteiger partial charge in [-0.15, -0.1) is 0 Å². The van der Waals surface area contributed by atoms with Gasteiger partial charge in [0.1, 0.15) is 0 Å². The zero-order valence-electron chi connectivity index (χ0n) is 3.12. The Morgan fingerprint density at radius 1 is 1.75 bits per heavy atom. The maximum atomic E-state index is 2.19. The van der Waals surface area contributed by atoms with E-state index < -0.39 is 0 Å². The highest BCUT2D eigenvalue weighted by Gasteiger charge is 1.47. The van der Waals surface area contributed by atoms with Gasteiger partial charge in [0.15, 0.2) is 0 Å². The number of rotatable bonds is 1. The first-order valence-electron chi connectivity index (χ1n) is 1.71. The predicted molar refractivity (Wildman–Crippen MR) is 23.6 cm³/mol. The SMILES string of the molecule is CCC[SiH2-]. The van der Waals surface area contributed by atoms with E-state index in [1.54, 1.807) is 0 Å². The van der Waals surface area contributed by atoms with Gasteiger partial charge in [-0.3, -0.25) is 10.2 Å². The highest BCUT2D eigenvalue weighted by atomic mass is 28.1. The van der Waals surface area contributed by atoms with Crippen molar-refractivity contribution < 1.29 is 0 Å². The van der Waals surface area contributed by atoms with Crippen LogP contribution in [0.1, 0.15) is 13.3 Å². The number of hydrogen-bond acceptors (Lipinski definition) is 0. The van der Waals surface area contributed by atoms with Crippen molar-refractivity contribution >= 4 is 10.2 Å². The van der Waals surface area contributed by atoms with E-state index >= 15 is 0 Å². The second-order valence-electron chi connectivity index (χ2n) is 0.854. The van der Waals surface area contributed by atoms with Gasteiger partial charge in [-0.25, -0.2) is 0 Å². The highest BCUT2D eigenvalue weighted by Crippen LogP contribution is 1.73. The van der Waals surface area contributed by atoms with E-state index in [4.69, 9.17) is 0 Å². The molecule has 0 bridgehead atoms. The van der Waals surface area contributed by atoms with Gasteiger partial charge in [0.05, 0.1) is 0 Å². The van der Waals surface area contributed by atoms with Crippen LogP contribution in [-0.4, -0.2) is 10.2 Å². The average molecular weight is 73.2 g/mol. The Hall–Kier alpha value is 0.217. The minimum absolute atomic E-state index is 1.33. The fourth-order valence-corrected chi connectivity index (χ4v) is 0. The Kier molecular flexibility index (Phi) is 3.39. The molecular weight excluding hydrogens is 64.1 g/mol.